The van der Waals surface area contributed by atoms with Crippen molar-refractivity contribution in [3.63, 3.8) is 0 Å². The molecule has 0 fully saturated rings. The Labute approximate surface area is 108 Å². The van der Waals surface area contributed by atoms with Gasteiger partial charge in [-0.1, -0.05) is 6.07 Å². The van der Waals surface area contributed by atoms with E-state index in [1.165, 1.54) is 0 Å². The highest BCUT2D eigenvalue weighted by molar-refractivity contribution is 5.34. The van der Waals surface area contributed by atoms with Crippen molar-refractivity contribution in [1.29, 1.82) is 0 Å². The van der Waals surface area contributed by atoms with Gasteiger partial charge in [0, 0.05) is 13.6 Å². The van der Waals surface area contributed by atoms with Crippen molar-refractivity contribution in [1.82, 2.24) is 9.88 Å². The van der Waals surface area contributed by atoms with Crippen LogP contribution in [0.2, 0.25) is 0 Å². The van der Waals surface area contributed by atoms with Crippen LogP contribution in [-0.2, 0) is 13.1 Å². The maximum Gasteiger partial charge on any atom is 0.126 e. The molecule has 18 heavy (non-hydrogen) atoms. The Balaban J connectivity index is 1.96. The van der Waals surface area contributed by atoms with Gasteiger partial charge in [0.05, 0.1) is 12.2 Å². The first-order chi connectivity index (χ1) is 8.67. The van der Waals surface area contributed by atoms with Crippen LogP contribution in [0.1, 0.15) is 17.2 Å². The van der Waals surface area contributed by atoms with Crippen molar-refractivity contribution >= 4 is 5.82 Å². The van der Waals surface area contributed by atoms with Crippen LogP contribution >= 0.6 is 0 Å². The summed E-state index contributed by atoms with van der Waals surface area (Å²) in [5.41, 5.74) is 1.05. The smallest absolute Gasteiger partial charge is 0.126 e. The monoisotopic (exact) mass is 245 g/mol. The molecule has 0 aliphatic heterocycles. The van der Waals surface area contributed by atoms with Crippen molar-refractivity contribution in [3.8, 4) is 0 Å². The second-order valence-corrected chi connectivity index (χ2v) is 4.45. The van der Waals surface area contributed by atoms with Crippen LogP contribution in [0.4, 0.5) is 5.82 Å². The van der Waals surface area contributed by atoms with E-state index in [2.05, 4.69) is 22.2 Å². The number of anilines is 1. The number of hydrogen-bond donors (Lipinski definition) is 1. The third-order valence-corrected chi connectivity index (χ3v) is 2.72. The van der Waals surface area contributed by atoms with Gasteiger partial charge in [0.15, 0.2) is 0 Å². The molecule has 0 saturated heterocycles. The first kappa shape index (κ1) is 12.6. The summed E-state index contributed by atoms with van der Waals surface area (Å²) >= 11 is 0. The molecule has 0 radical (unpaired) electrons. The molecule has 0 amide bonds. The second-order valence-electron chi connectivity index (χ2n) is 4.45. The normalized spacial score (nSPS) is 10.9. The second kappa shape index (κ2) is 5.69. The van der Waals surface area contributed by atoms with Crippen molar-refractivity contribution in [2.45, 2.75) is 20.0 Å². The molecule has 0 saturated carbocycles. The lowest BCUT2D eigenvalue weighted by Gasteiger charge is -2.15. The average molecular weight is 245 g/mol. The summed E-state index contributed by atoms with van der Waals surface area (Å²) in [4.78, 5) is 6.68. The Morgan fingerprint density at radius 2 is 2.06 bits per heavy atom. The van der Waals surface area contributed by atoms with Gasteiger partial charge in [0.25, 0.3) is 0 Å². The topological polar surface area (TPSA) is 41.3 Å². The molecule has 4 heteroatoms. The lowest BCUT2D eigenvalue weighted by atomic mass is 10.3. The van der Waals surface area contributed by atoms with E-state index in [1.807, 2.05) is 44.3 Å². The third-order valence-electron chi connectivity index (χ3n) is 2.72. The van der Waals surface area contributed by atoms with Crippen molar-refractivity contribution in [2.24, 2.45) is 0 Å². The van der Waals surface area contributed by atoms with Crippen LogP contribution in [0.25, 0.3) is 0 Å². The summed E-state index contributed by atoms with van der Waals surface area (Å²) in [5, 5.41) is 3.05. The quantitative estimate of drug-likeness (QED) is 0.879. The van der Waals surface area contributed by atoms with E-state index < -0.39 is 0 Å². The van der Waals surface area contributed by atoms with Crippen LogP contribution in [0.15, 0.2) is 34.7 Å². The van der Waals surface area contributed by atoms with Gasteiger partial charge in [0.1, 0.15) is 17.3 Å². The van der Waals surface area contributed by atoms with Gasteiger partial charge in [-0.3, -0.25) is 4.90 Å². The van der Waals surface area contributed by atoms with E-state index in [0.717, 1.165) is 36.1 Å². The fourth-order valence-corrected chi connectivity index (χ4v) is 1.88. The predicted molar refractivity (Wildman–Crippen MR) is 72.4 cm³/mol. The maximum absolute atomic E-state index is 5.56. The minimum Gasteiger partial charge on any atom is -0.465 e. The van der Waals surface area contributed by atoms with E-state index in [1.54, 1.807) is 0 Å². The zero-order chi connectivity index (χ0) is 13.0. The molecule has 96 valence electrons. The minimum absolute atomic E-state index is 0.791. The molecule has 4 nitrogen and oxygen atoms in total. The Kier molecular flexibility index (Phi) is 3.99. The van der Waals surface area contributed by atoms with Gasteiger partial charge in [-0.2, -0.15) is 0 Å². The average Bonchev–Trinajstić information content (AvgIpc) is 2.74. The van der Waals surface area contributed by atoms with E-state index >= 15 is 0 Å². The standard InChI is InChI=1S/C14H19N3O/c1-11-7-8-13(18-11)10-17(3)9-12-5-4-6-14(15-2)16-12/h4-8H,9-10H2,1-3H3,(H,15,16). The zero-order valence-corrected chi connectivity index (χ0v) is 11.1. The van der Waals surface area contributed by atoms with Gasteiger partial charge >= 0.3 is 0 Å². The number of pyridine rings is 1. The van der Waals surface area contributed by atoms with E-state index in [-0.39, 0.29) is 0 Å². The largest absolute Gasteiger partial charge is 0.465 e. The fraction of sp³-hybridized carbons (Fsp3) is 0.357. The highest BCUT2D eigenvalue weighted by Gasteiger charge is 2.06. The number of nitrogens with one attached hydrogen (secondary N) is 1. The Hall–Kier alpha value is -1.81. The molecule has 1 N–H and O–H groups in total. The summed E-state index contributed by atoms with van der Waals surface area (Å²) in [6.45, 7) is 3.55. The Bertz CT molecular complexity index is 507. The highest BCUT2D eigenvalue weighted by atomic mass is 16.3. The number of hydrogen-bond acceptors (Lipinski definition) is 4. The molecular formula is C14H19N3O. The first-order valence-electron chi connectivity index (χ1n) is 6.05. The maximum atomic E-state index is 5.56. The van der Waals surface area contributed by atoms with Crippen LogP contribution in [-0.4, -0.2) is 24.0 Å². The summed E-state index contributed by atoms with van der Waals surface area (Å²) < 4.78 is 5.56. The Morgan fingerprint density at radius 3 is 2.72 bits per heavy atom. The number of aryl methyl sites for hydroxylation is 1. The molecule has 0 aliphatic rings. The minimum atomic E-state index is 0.791. The molecule has 2 aromatic heterocycles. The Morgan fingerprint density at radius 1 is 1.22 bits per heavy atom. The number of aromatic nitrogens is 1. The molecule has 2 aromatic rings. The molecule has 0 spiro atoms. The van der Waals surface area contributed by atoms with Crippen LogP contribution < -0.4 is 5.32 Å². The summed E-state index contributed by atoms with van der Waals surface area (Å²) in [6, 6.07) is 10.0. The fourth-order valence-electron chi connectivity index (χ4n) is 1.88. The van der Waals surface area contributed by atoms with Crippen LogP contribution in [0, 0.1) is 6.92 Å². The third kappa shape index (κ3) is 3.34. The summed E-state index contributed by atoms with van der Waals surface area (Å²) in [6.07, 6.45) is 0. The van der Waals surface area contributed by atoms with Crippen molar-refractivity contribution in [3.05, 3.63) is 47.5 Å². The van der Waals surface area contributed by atoms with Gasteiger partial charge in [-0.15, -0.1) is 0 Å². The molecule has 0 aliphatic carbocycles. The van der Waals surface area contributed by atoms with Crippen molar-refractivity contribution in [2.75, 3.05) is 19.4 Å². The number of furan rings is 1. The lowest BCUT2D eigenvalue weighted by Crippen LogP contribution is -2.17. The lowest BCUT2D eigenvalue weighted by molar-refractivity contribution is 0.282. The number of rotatable bonds is 5. The van der Waals surface area contributed by atoms with Crippen molar-refractivity contribution < 1.29 is 4.42 Å². The summed E-state index contributed by atoms with van der Waals surface area (Å²) in [7, 11) is 3.94. The molecule has 0 aromatic carbocycles. The van der Waals surface area contributed by atoms with E-state index in [4.69, 9.17) is 4.42 Å². The molecular weight excluding hydrogens is 226 g/mol. The molecule has 0 bridgehead atoms. The molecule has 0 unspecified atom stereocenters. The van der Waals surface area contributed by atoms with E-state index in [9.17, 15) is 0 Å². The molecule has 2 heterocycles. The highest BCUT2D eigenvalue weighted by Crippen LogP contribution is 2.11. The van der Waals surface area contributed by atoms with Gasteiger partial charge in [-0.05, 0) is 38.2 Å². The van der Waals surface area contributed by atoms with Gasteiger partial charge in [0.2, 0.25) is 0 Å². The molecule has 2 rings (SSSR count). The van der Waals surface area contributed by atoms with Crippen LogP contribution in [0.3, 0.4) is 0 Å². The molecule has 0 atom stereocenters. The van der Waals surface area contributed by atoms with Gasteiger partial charge in [-0.25, -0.2) is 4.98 Å². The SMILES string of the molecule is CNc1cccc(CN(C)Cc2ccc(C)o2)n1. The van der Waals surface area contributed by atoms with Crippen LogP contribution in [0.5, 0.6) is 0 Å². The van der Waals surface area contributed by atoms with Gasteiger partial charge < -0.3 is 9.73 Å². The predicted octanol–water partition coefficient (Wildman–Crippen LogP) is 2.66. The zero-order valence-electron chi connectivity index (χ0n) is 11.1. The number of nitrogens with zero attached hydrogens (tertiary/aromatic N) is 2. The van der Waals surface area contributed by atoms with E-state index in [0.29, 0.717) is 0 Å². The first-order valence-corrected chi connectivity index (χ1v) is 6.05. The summed E-state index contributed by atoms with van der Waals surface area (Å²) in [5.74, 6) is 2.84.